The van der Waals surface area contributed by atoms with Gasteiger partial charge in [-0.3, -0.25) is 14.1 Å². The third-order valence-electron chi connectivity index (χ3n) is 3.75. The smallest absolute Gasteiger partial charge is 0.308 e. The van der Waals surface area contributed by atoms with E-state index in [9.17, 15) is 13.2 Å². The molecule has 6 nitrogen and oxygen atoms in total. The van der Waals surface area contributed by atoms with Gasteiger partial charge in [0.1, 0.15) is 5.75 Å². The van der Waals surface area contributed by atoms with Gasteiger partial charge in [-0.25, -0.2) is 8.42 Å². The van der Waals surface area contributed by atoms with Gasteiger partial charge < -0.3 is 4.74 Å². The lowest BCUT2D eigenvalue weighted by molar-refractivity contribution is 0.415. The molecule has 132 valence electrons. The molecule has 0 saturated carbocycles. The molecule has 3 rings (SSSR count). The third-order valence-corrected chi connectivity index (χ3v) is 6.05. The van der Waals surface area contributed by atoms with Crippen LogP contribution in [0.4, 0.5) is 5.69 Å². The van der Waals surface area contributed by atoms with Crippen molar-refractivity contribution in [2.75, 3.05) is 11.8 Å². The first-order valence-electron chi connectivity index (χ1n) is 7.64. The van der Waals surface area contributed by atoms with Crippen LogP contribution in [0.15, 0.2) is 52.2 Å². The van der Waals surface area contributed by atoms with Crippen LogP contribution in [0, 0.1) is 0 Å². The van der Waals surface area contributed by atoms with E-state index in [1.807, 2.05) is 13.8 Å². The fraction of sp³-hybridized carbons (Fsp3) is 0.235. The predicted octanol–water partition coefficient (Wildman–Crippen LogP) is 3.45. The molecule has 0 aliphatic rings. The lowest BCUT2D eigenvalue weighted by atomic mass is 10.3. The first-order chi connectivity index (χ1) is 11.8. The monoisotopic (exact) mass is 378 g/mol. The van der Waals surface area contributed by atoms with Crippen molar-refractivity contribution in [3.63, 3.8) is 0 Å². The standard InChI is InChI=1S/C17H18N2O4S2/c1-11(2)19-15-9-8-14(10-16(15)24-17(19)20)25(21,22)18-12-4-6-13(23-3)7-5-12/h4-11,18H,1-3H3. The van der Waals surface area contributed by atoms with E-state index >= 15 is 0 Å². The van der Waals surface area contributed by atoms with Gasteiger partial charge in [0.05, 0.1) is 22.2 Å². The number of ether oxygens (including phenoxy) is 1. The van der Waals surface area contributed by atoms with Crippen molar-refractivity contribution in [1.82, 2.24) is 4.57 Å². The molecule has 0 radical (unpaired) electrons. The summed E-state index contributed by atoms with van der Waals surface area (Å²) in [5, 5.41) is 0. The molecule has 0 aliphatic heterocycles. The quantitative estimate of drug-likeness (QED) is 0.738. The highest BCUT2D eigenvalue weighted by atomic mass is 32.2. The Balaban J connectivity index is 1.98. The molecule has 0 atom stereocenters. The average Bonchev–Trinajstić information content (AvgIpc) is 2.90. The Morgan fingerprint density at radius 2 is 1.80 bits per heavy atom. The van der Waals surface area contributed by atoms with Crippen LogP contribution < -0.4 is 14.3 Å². The molecule has 0 unspecified atom stereocenters. The van der Waals surface area contributed by atoms with Gasteiger partial charge in [0.2, 0.25) is 0 Å². The summed E-state index contributed by atoms with van der Waals surface area (Å²) in [4.78, 5) is 12.1. The zero-order chi connectivity index (χ0) is 18.2. The molecule has 0 amide bonds. The Morgan fingerprint density at radius 1 is 1.12 bits per heavy atom. The number of methoxy groups -OCH3 is 1. The number of aromatic nitrogens is 1. The van der Waals surface area contributed by atoms with Crippen molar-refractivity contribution in [1.29, 1.82) is 0 Å². The summed E-state index contributed by atoms with van der Waals surface area (Å²) in [7, 11) is -2.20. The van der Waals surface area contributed by atoms with Crippen molar-refractivity contribution in [2.45, 2.75) is 24.8 Å². The van der Waals surface area contributed by atoms with Gasteiger partial charge in [0, 0.05) is 11.7 Å². The maximum atomic E-state index is 12.6. The minimum Gasteiger partial charge on any atom is -0.497 e. The van der Waals surface area contributed by atoms with Crippen molar-refractivity contribution < 1.29 is 13.2 Å². The summed E-state index contributed by atoms with van der Waals surface area (Å²) < 4.78 is 35.1. The minimum absolute atomic E-state index is 0.0149. The number of rotatable bonds is 5. The molecule has 1 heterocycles. The molecule has 1 aromatic heterocycles. The summed E-state index contributed by atoms with van der Waals surface area (Å²) in [6.45, 7) is 3.84. The summed E-state index contributed by atoms with van der Waals surface area (Å²) in [6.07, 6.45) is 0. The number of hydrogen-bond donors (Lipinski definition) is 1. The molecule has 1 N–H and O–H groups in total. The molecular formula is C17H18N2O4S2. The number of fused-ring (bicyclic) bond motifs is 1. The number of thiazole rings is 1. The summed E-state index contributed by atoms with van der Waals surface area (Å²) in [6, 6.07) is 11.3. The van der Waals surface area contributed by atoms with E-state index in [-0.39, 0.29) is 15.8 Å². The second kappa shape index (κ2) is 6.53. The van der Waals surface area contributed by atoms with Crippen LogP contribution in [0.1, 0.15) is 19.9 Å². The first-order valence-corrected chi connectivity index (χ1v) is 9.94. The van der Waals surface area contributed by atoms with Gasteiger partial charge in [-0.2, -0.15) is 0 Å². The molecule has 25 heavy (non-hydrogen) atoms. The topological polar surface area (TPSA) is 77.4 Å². The largest absolute Gasteiger partial charge is 0.497 e. The van der Waals surface area contributed by atoms with Crippen molar-refractivity contribution in [3.8, 4) is 5.75 Å². The lowest BCUT2D eigenvalue weighted by Gasteiger charge is -2.10. The van der Waals surface area contributed by atoms with Crippen molar-refractivity contribution >= 4 is 37.3 Å². The van der Waals surface area contributed by atoms with Crippen LogP contribution in [0.3, 0.4) is 0 Å². The summed E-state index contributed by atoms with van der Waals surface area (Å²) >= 11 is 1.05. The highest BCUT2D eigenvalue weighted by Gasteiger charge is 2.17. The molecule has 0 bridgehead atoms. The summed E-state index contributed by atoms with van der Waals surface area (Å²) in [5.41, 5.74) is 1.18. The molecule has 3 aromatic rings. The normalized spacial score (nSPS) is 11.8. The van der Waals surface area contributed by atoms with E-state index in [1.54, 1.807) is 42.0 Å². The number of nitrogens with one attached hydrogen (secondary N) is 1. The Morgan fingerprint density at radius 3 is 2.40 bits per heavy atom. The van der Waals surface area contributed by atoms with Gasteiger partial charge >= 0.3 is 4.87 Å². The van der Waals surface area contributed by atoms with Gasteiger partial charge in [0.25, 0.3) is 10.0 Å². The number of nitrogens with zero attached hydrogens (tertiary/aromatic N) is 1. The number of benzene rings is 2. The average molecular weight is 378 g/mol. The Bertz CT molecular complexity index is 1060. The van der Waals surface area contributed by atoms with Gasteiger partial charge in [-0.15, -0.1) is 0 Å². The maximum absolute atomic E-state index is 12.6. The van der Waals surface area contributed by atoms with Crippen molar-refractivity contribution in [2.24, 2.45) is 0 Å². The SMILES string of the molecule is COc1ccc(NS(=O)(=O)c2ccc3c(c2)sc(=O)n3C(C)C)cc1. The predicted molar refractivity (Wildman–Crippen MR) is 100 cm³/mol. The van der Waals surface area contributed by atoms with Crippen LogP contribution in [0.25, 0.3) is 10.2 Å². The zero-order valence-electron chi connectivity index (χ0n) is 14.0. The Hall–Kier alpha value is -2.32. The van der Waals surface area contributed by atoms with Crippen LogP contribution >= 0.6 is 11.3 Å². The van der Waals surface area contributed by atoms with E-state index in [0.29, 0.717) is 16.1 Å². The van der Waals surface area contributed by atoms with Crippen LogP contribution in [-0.2, 0) is 10.0 Å². The second-order valence-electron chi connectivity index (χ2n) is 5.80. The van der Waals surface area contributed by atoms with Crippen LogP contribution in [-0.4, -0.2) is 20.1 Å². The second-order valence-corrected chi connectivity index (χ2v) is 8.47. The minimum atomic E-state index is -3.74. The maximum Gasteiger partial charge on any atom is 0.308 e. The fourth-order valence-electron chi connectivity index (χ4n) is 2.55. The molecule has 0 aliphatic carbocycles. The van der Waals surface area contributed by atoms with Gasteiger partial charge in [0.15, 0.2) is 0 Å². The number of anilines is 1. The summed E-state index contributed by atoms with van der Waals surface area (Å²) in [5.74, 6) is 0.643. The molecule has 0 fully saturated rings. The molecular weight excluding hydrogens is 360 g/mol. The number of hydrogen-bond acceptors (Lipinski definition) is 5. The first kappa shape index (κ1) is 17.5. The van der Waals surface area contributed by atoms with Gasteiger partial charge in [-0.05, 0) is 56.3 Å². The Labute approximate surface area is 149 Å². The van der Waals surface area contributed by atoms with E-state index < -0.39 is 10.0 Å². The van der Waals surface area contributed by atoms with E-state index in [0.717, 1.165) is 16.9 Å². The fourth-order valence-corrected chi connectivity index (χ4v) is 4.76. The molecule has 8 heteroatoms. The van der Waals surface area contributed by atoms with E-state index in [4.69, 9.17) is 4.74 Å². The molecule has 0 spiro atoms. The lowest BCUT2D eigenvalue weighted by Crippen LogP contribution is -2.15. The molecule has 0 saturated heterocycles. The highest BCUT2D eigenvalue weighted by Crippen LogP contribution is 2.25. The Kier molecular flexibility index (Phi) is 4.57. The van der Waals surface area contributed by atoms with E-state index in [1.165, 1.54) is 12.1 Å². The zero-order valence-corrected chi connectivity index (χ0v) is 15.6. The molecule has 2 aromatic carbocycles. The van der Waals surface area contributed by atoms with Gasteiger partial charge in [-0.1, -0.05) is 11.3 Å². The van der Waals surface area contributed by atoms with Crippen LogP contribution in [0.5, 0.6) is 5.75 Å². The van der Waals surface area contributed by atoms with Crippen molar-refractivity contribution in [3.05, 3.63) is 52.1 Å². The van der Waals surface area contributed by atoms with Crippen LogP contribution in [0.2, 0.25) is 0 Å². The van der Waals surface area contributed by atoms with E-state index in [2.05, 4.69) is 4.72 Å². The highest BCUT2D eigenvalue weighted by molar-refractivity contribution is 7.92. The number of sulfonamides is 1. The third kappa shape index (κ3) is 3.40.